The van der Waals surface area contributed by atoms with Gasteiger partial charge in [-0.15, -0.1) is 11.3 Å². The maximum Gasteiger partial charge on any atom is 0.334 e. The Balaban J connectivity index is 1.31. The van der Waals surface area contributed by atoms with E-state index in [1.807, 2.05) is 47.8 Å². The summed E-state index contributed by atoms with van der Waals surface area (Å²) in [6, 6.07) is 20.8. The molecule has 0 bridgehead atoms. The number of benzene rings is 2. The lowest BCUT2D eigenvalue weighted by atomic mass is 10.1. The monoisotopic (exact) mass is 465 g/mol. The number of carbonyl (C=O) groups is 2. The van der Waals surface area contributed by atoms with Crippen LogP contribution in [0.25, 0.3) is 0 Å². The second-order valence-electron chi connectivity index (χ2n) is 6.92. The Morgan fingerprint density at radius 3 is 2.45 bits per heavy atom. The van der Waals surface area contributed by atoms with Crippen LogP contribution < -0.4 is 20.9 Å². The first-order valence-electron chi connectivity index (χ1n) is 10.0. The van der Waals surface area contributed by atoms with E-state index < -0.39 is 18.0 Å². The Labute approximate surface area is 193 Å². The van der Waals surface area contributed by atoms with E-state index in [2.05, 4.69) is 16.2 Å². The molecule has 0 radical (unpaired) electrons. The molecule has 3 amide bonds. The molecular weight excluding hydrogens is 445 g/mol. The van der Waals surface area contributed by atoms with Gasteiger partial charge >= 0.3 is 11.9 Å². The summed E-state index contributed by atoms with van der Waals surface area (Å²) < 4.78 is 24.4. The number of ether oxygens (including phenoxy) is 1. The van der Waals surface area contributed by atoms with E-state index in [1.54, 1.807) is 18.2 Å². The fourth-order valence-electron chi connectivity index (χ4n) is 3.02. The van der Waals surface area contributed by atoms with Crippen molar-refractivity contribution in [3.05, 3.63) is 112 Å². The van der Waals surface area contributed by atoms with Crippen LogP contribution in [0, 0.1) is 5.82 Å². The van der Waals surface area contributed by atoms with E-state index in [9.17, 15) is 14.0 Å². The summed E-state index contributed by atoms with van der Waals surface area (Å²) in [7, 11) is 0. The number of hydrogen-bond acceptors (Lipinski definition) is 5. The maximum absolute atomic E-state index is 13.3. The number of hydrogen-bond donors (Lipinski definition) is 3. The molecule has 0 saturated carbocycles. The van der Waals surface area contributed by atoms with E-state index in [0.717, 1.165) is 4.88 Å². The fourth-order valence-corrected chi connectivity index (χ4v) is 3.82. The first-order chi connectivity index (χ1) is 16.1. The number of urea groups is 1. The van der Waals surface area contributed by atoms with Crippen LogP contribution in [0.2, 0.25) is 0 Å². The SMILES string of the molecule is O=C(NNC(=O)c1ccc(COc2ccccc2)o1)NC(c1ccc(F)cc1)c1cccs1. The summed E-state index contributed by atoms with van der Waals surface area (Å²) in [5.74, 6) is 0.176. The van der Waals surface area contributed by atoms with Crippen LogP contribution in [-0.2, 0) is 6.61 Å². The number of hydrazine groups is 1. The molecule has 7 nitrogen and oxygen atoms in total. The second-order valence-corrected chi connectivity index (χ2v) is 7.90. The molecule has 1 unspecified atom stereocenters. The third kappa shape index (κ3) is 5.98. The zero-order valence-corrected chi connectivity index (χ0v) is 18.1. The molecule has 168 valence electrons. The Kier molecular flexibility index (Phi) is 7.01. The summed E-state index contributed by atoms with van der Waals surface area (Å²) >= 11 is 1.45. The smallest absolute Gasteiger partial charge is 0.334 e. The van der Waals surface area contributed by atoms with E-state index in [1.165, 1.54) is 29.5 Å². The van der Waals surface area contributed by atoms with Crippen molar-refractivity contribution in [2.45, 2.75) is 12.6 Å². The molecule has 0 fully saturated rings. The summed E-state index contributed by atoms with van der Waals surface area (Å²) in [5.41, 5.74) is 5.32. The van der Waals surface area contributed by atoms with E-state index in [0.29, 0.717) is 17.1 Å². The predicted octanol–water partition coefficient (Wildman–Crippen LogP) is 4.79. The molecule has 0 aliphatic rings. The van der Waals surface area contributed by atoms with Crippen molar-refractivity contribution in [1.82, 2.24) is 16.2 Å². The van der Waals surface area contributed by atoms with Crippen LogP contribution in [0.4, 0.5) is 9.18 Å². The molecule has 2 aromatic carbocycles. The van der Waals surface area contributed by atoms with Gasteiger partial charge in [0.1, 0.15) is 23.9 Å². The minimum absolute atomic E-state index is 0.0234. The standard InChI is InChI=1S/C24H20FN3O4S/c25-17-10-8-16(9-11-17)22(21-7-4-14-33-21)26-24(30)28-27-23(29)20-13-12-19(32-20)15-31-18-5-2-1-3-6-18/h1-14,22H,15H2,(H,27,29)(H2,26,28,30). The van der Waals surface area contributed by atoms with Gasteiger partial charge < -0.3 is 14.5 Å². The van der Waals surface area contributed by atoms with Gasteiger partial charge in [0.25, 0.3) is 0 Å². The molecular formula is C24H20FN3O4S. The van der Waals surface area contributed by atoms with Gasteiger partial charge in [0.05, 0.1) is 6.04 Å². The number of furan rings is 1. The van der Waals surface area contributed by atoms with Crippen molar-refractivity contribution >= 4 is 23.3 Å². The first-order valence-corrected chi connectivity index (χ1v) is 10.9. The lowest BCUT2D eigenvalue weighted by Crippen LogP contribution is -2.47. The molecule has 0 aliphatic carbocycles. The normalized spacial score (nSPS) is 11.4. The minimum atomic E-state index is -0.634. The lowest BCUT2D eigenvalue weighted by Gasteiger charge is -2.18. The van der Waals surface area contributed by atoms with Crippen LogP contribution in [0.3, 0.4) is 0 Å². The number of thiophene rings is 1. The summed E-state index contributed by atoms with van der Waals surface area (Å²) in [5, 5.41) is 4.66. The van der Waals surface area contributed by atoms with Crippen LogP contribution in [-0.4, -0.2) is 11.9 Å². The topological polar surface area (TPSA) is 92.6 Å². The Hall–Kier alpha value is -4.11. The molecule has 0 saturated heterocycles. The Bertz CT molecular complexity index is 1190. The summed E-state index contributed by atoms with van der Waals surface area (Å²) in [6.07, 6.45) is 0. The molecule has 2 heterocycles. The van der Waals surface area contributed by atoms with Crippen molar-refractivity contribution in [2.75, 3.05) is 0 Å². The summed E-state index contributed by atoms with van der Waals surface area (Å²) in [6.45, 7) is 0.158. The van der Waals surface area contributed by atoms with E-state index in [4.69, 9.17) is 9.15 Å². The molecule has 4 rings (SSSR count). The molecule has 1 atom stereocenters. The van der Waals surface area contributed by atoms with Gasteiger partial charge in [-0.25, -0.2) is 14.6 Å². The fraction of sp³-hybridized carbons (Fsp3) is 0.0833. The minimum Gasteiger partial charge on any atom is -0.486 e. The van der Waals surface area contributed by atoms with Gasteiger partial charge in [-0.1, -0.05) is 36.4 Å². The van der Waals surface area contributed by atoms with E-state index >= 15 is 0 Å². The third-order valence-corrected chi connectivity index (χ3v) is 5.54. The number of rotatable bonds is 7. The van der Waals surface area contributed by atoms with Crippen molar-refractivity contribution in [3.63, 3.8) is 0 Å². The highest BCUT2D eigenvalue weighted by Crippen LogP contribution is 2.26. The Morgan fingerprint density at radius 2 is 1.73 bits per heavy atom. The quantitative estimate of drug-likeness (QED) is 0.342. The average molecular weight is 466 g/mol. The molecule has 33 heavy (non-hydrogen) atoms. The third-order valence-electron chi connectivity index (χ3n) is 4.61. The number of para-hydroxylation sites is 1. The first kappa shape index (κ1) is 22.1. The number of halogens is 1. The molecule has 0 spiro atoms. The zero-order chi connectivity index (χ0) is 23.0. The maximum atomic E-state index is 13.3. The second kappa shape index (κ2) is 10.5. The van der Waals surface area contributed by atoms with Gasteiger partial charge in [0, 0.05) is 4.88 Å². The number of nitrogens with one attached hydrogen (secondary N) is 3. The largest absolute Gasteiger partial charge is 0.486 e. The predicted molar refractivity (Wildman–Crippen MR) is 121 cm³/mol. The molecule has 9 heteroatoms. The average Bonchev–Trinajstić information content (AvgIpc) is 3.54. The van der Waals surface area contributed by atoms with Crippen molar-refractivity contribution < 1.29 is 23.1 Å². The molecule has 2 aromatic heterocycles. The molecule has 4 aromatic rings. The van der Waals surface area contributed by atoms with Gasteiger partial charge in [-0.05, 0) is 53.4 Å². The highest BCUT2D eigenvalue weighted by atomic mass is 32.1. The van der Waals surface area contributed by atoms with Crippen molar-refractivity contribution in [1.29, 1.82) is 0 Å². The Morgan fingerprint density at radius 1 is 0.939 bits per heavy atom. The van der Waals surface area contributed by atoms with Gasteiger partial charge in [0.2, 0.25) is 0 Å². The van der Waals surface area contributed by atoms with Gasteiger partial charge in [-0.3, -0.25) is 10.2 Å². The van der Waals surface area contributed by atoms with Crippen molar-refractivity contribution in [3.8, 4) is 5.75 Å². The molecule has 3 N–H and O–H groups in total. The van der Waals surface area contributed by atoms with Crippen LogP contribution in [0.15, 0.2) is 88.7 Å². The van der Waals surface area contributed by atoms with Crippen LogP contribution in [0.5, 0.6) is 5.75 Å². The number of carbonyl (C=O) groups excluding carboxylic acids is 2. The van der Waals surface area contributed by atoms with Gasteiger partial charge in [0.15, 0.2) is 5.76 Å². The molecule has 0 aliphatic heterocycles. The van der Waals surface area contributed by atoms with Crippen LogP contribution in [0.1, 0.15) is 32.8 Å². The van der Waals surface area contributed by atoms with Crippen LogP contribution >= 0.6 is 11.3 Å². The zero-order valence-electron chi connectivity index (χ0n) is 17.3. The van der Waals surface area contributed by atoms with E-state index in [-0.39, 0.29) is 18.2 Å². The van der Waals surface area contributed by atoms with Crippen molar-refractivity contribution in [2.24, 2.45) is 0 Å². The lowest BCUT2D eigenvalue weighted by molar-refractivity contribution is 0.0904. The van der Waals surface area contributed by atoms with Gasteiger partial charge in [-0.2, -0.15) is 0 Å². The highest BCUT2D eigenvalue weighted by molar-refractivity contribution is 7.10. The number of amides is 3. The highest BCUT2D eigenvalue weighted by Gasteiger charge is 2.19. The summed E-state index contributed by atoms with van der Waals surface area (Å²) in [4.78, 5) is 25.6.